The van der Waals surface area contributed by atoms with E-state index in [2.05, 4.69) is 11.8 Å². The fourth-order valence-corrected chi connectivity index (χ4v) is 2.65. The Bertz CT molecular complexity index is 416. The Morgan fingerprint density at radius 1 is 1.39 bits per heavy atom. The number of nitrogens with two attached hydrogens (primary N) is 1. The van der Waals surface area contributed by atoms with Gasteiger partial charge in [0.05, 0.1) is 0 Å². The number of likely N-dealkylation sites (tertiary alicyclic amines) is 1. The average Bonchev–Trinajstić information content (AvgIpc) is 2.72. The number of hydrogen-bond acceptors (Lipinski definition) is 2. The van der Waals surface area contributed by atoms with Gasteiger partial charge in [-0.1, -0.05) is 13.0 Å². The van der Waals surface area contributed by atoms with E-state index in [1.54, 1.807) is 0 Å². The van der Waals surface area contributed by atoms with E-state index in [4.69, 9.17) is 5.73 Å². The molecule has 1 aromatic rings. The second-order valence-corrected chi connectivity index (χ2v) is 5.55. The molecule has 0 bridgehead atoms. The van der Waals surface area contributed by atoms with Crippen molar-refractivity contribution in [3.63, 3.8) is 0 Å². The molecule has 0 aromatic heterocycles. The van der Waals surface area contributed by atoms with Crippen molar-refractivity contribution in [3.8, 4) is 0 Å². The molecule has 0 amide bonds. The summed E-state index contributed by atoms with van der Waals surface area (Å²) in [6.07, 6.45) is 0.976. The molecule has 1 saturated heterocycles. The Morgan fingerprint density at radius 2 is 2.00 bits per heavy atom. The van der Waals surface area contributed by atoms with Gasteiger partial charge in [0.15, 0.2) is 0 Å². The molecule has 0 saturated carbocycles. The lowest BCUT2D eigenvalue weighted by molar-refractivity contribution is 0.219. The summed E-state index contributed by atoms with van der Waals surface area (Å²) in [6.45, 7) is 6.21. The van der Waals surface area contributed by atoms with Crippen LogP contribution in [0.15, 0.2) is 18.2 Å². The molecule has 1 aliphatic heterocycles. The zero-order valence-electron chi connectivity index (χ0n) is 10.9. The Morgan fingerprint density at radius 3 is 2.50 bits per heavy atom. The van der Waals surface area contributed by atoms with Gasteiger partial charge in [-0.15, -0.1) is 0 Å². The van der Waals surface area contributed by atoms with Gasteiger partial charge < -0.3 is 5.73 Å². The summed E-state index contributed by atoms with van der Waals surface area (Å²) in [6, 6.07) is 3.77. The molecule has 100 valence electrons. The van der Waals surface area contributed by atoms with Crippen LogP contribution in [0.4, 0.5) is 8.78 Å². The number of hydrogen-bond donors (Lipinski definition) is 1. The highest BCUT2D eigenvalue weighted by Gasteiger charge is 2.36. The monoisotopic (exact) mass is 254 g/mol. The standard InChI is InChI=1S/C14H20F2N2/c1-10(13-11(15)4-3-5-12(13)16)18-7-6-14(2,8-17)9-18/h3-5,10H,6-9,17H2,1-2H3. The van der Waals surface area contributed by atoms with Gasteiger partial charge in [-0.2, -0.15) is 0 Å². The Balaban J connectivity index is 2.20. The number of rotatable bonds is 3. The summed E-state index contributed by atoms with van der Waals surface area (Å²) in [5, 5.41) is 0. The van der Waals surface area contributed by atoms with E-state index in [1.807, 2.05) is 6.92 Å². The summed E-state index contributed by atoms with van der Waals surface area (Å²) in [5.41, 5.74) is 5.99. The van der Waals surface area contributed by atoms with Crippen LogP contribution in [0.25, 0.3) is 0 Å². The highest BCUT2D eigenvalue weighted by molar-refractivity contribution is 5.23. The van der Waals surface area contributed by atoms with Gasteiger partial charge in [0.2, 0.25) is 0 Å². The molecule has 1 heterocycles. The molecule has 2 atom stereocenters. The van der Waals surface area contributed by atoms with Crippen LogP contribution < -0.4 is 5.73 Å². The lowest BCUT2D eigenvalue weighted by atomic mass is 9.90. The second kappa shape index (κ2) is 4.94. The van der Waals surface area contributed by atoms with Crippen LogP contribution in [0, 0.1) is 17.0 Å². The minimum absolute atomic E-state index is 0.0655. The van der Waals surface area contributed by atoms with Crippen LogP contribution >= 0.6 is 0 Å². The van der Waals surface area contributed by atoms with E-state index in [0.29, 0.717) is 6.54 Å². The van der Waals surface area contributed by atoms with E-state index in [-0.39, 0.29) is 17.0 Å². The van der Waals surface area contributed by atoms with Crippen LogP contribution in [0.1, 0.15) is 31.9 Å². The molecule has 2 unspecified atom stereocenters. The third-order valence-electron chi connectivity index (χ3n) is 4.05. The molecule has 2 rings (SSSR count). The summed E-state index contributed by atoms with van der Waals surface area (Å²) < 4.78 is 27.5. The molecular formula is C14H20F2N2. The van der Waals surface area contributed by atoms with Gasteiger partial charge >= 0.3 is 0 Å². The lowest BCUT2D eigenvalue weighted by Crippen LogP contribution is -2.33. The fourth-order valence-electron chi connectivity index (χ4n) is 2.65. The van der Waals surface area contributed by atoms with Gasteiger partial charge in [-0.3, -0.25) is 4.90 Å². The topological polar surface area (TPSA) is 29.3 Å². The van der Waals surface area contributed by atoms with Crippen molar-refractivity contribution >= 4 is 0 Å². The molecule has 4 heteroatoms. The zero-order chi connectivity index (χ0) is 13.3. The van der Waals surface area contributed by atoms with Crippen LogP contribution in [0.2, 0.25) is 0 Å². The first-order valence-corrected chi connectivity index (χ1v) is 6.35. The van der Waals surface area contributed by atoms with Crippen molar-refractivity contribution in [2.75, 3.05) is 19.6 Å². The quantitative estimate of drug-likeness (QED) is 0.898. The van der Waals surface area contributed by atoms with Crippen LogP contribution in [-0.2, 0) is 0 Å². The van der Waals surface area contributed by atoms with Gasteiger partial charge in [0, 0.05) is 18.2 Å². The van der Waals surface area contributed by atoms with Crippen molar-refractivity contribution in [2.24, 2.45) is 11.1 Å². The third-order valence-corrected chi connectivity index (χ3v) is 4.05. The SMILES string of the molecule is CC(c1c(F)cccc1F)N1CCC(C)(CN)C1. The maximum atomic E-state index is 13.7. The molecule has 1 aromatic carbocycles. The molecule has 2 nitrogen and oxygen atoms in total. The minimum atomic E-state index is -0.469. The first-order chi connectivity index (χ1) is 8.47. The number of halogens is 2. The first kappa shape index (κ1) is 13.4. The zero-order valence-corrected chi connectivity index (χ0v) is 10.9. The van der Waals surface area contributed by atoms with Crippen LogP contribution in [0.5, 0.6) is 0 Å². The van der Waals surface area contributed by atoms with Gasteiger partial charge in [0.25, 0.3) is 0 Å². The normalized spacial score (nSPS) is 26.5. The lowest BCUT2D eigenvalue weighted by Gasteiger charge is -2.28. The molecule has 18 heavy (non-hydrogen) atoms. The van der Waals surface area contributed by atoms with E-state index >= 15 is 0 Å². The first-order valence-electron chi connectivity index (χ1n) is 6.35. The largest absolute Gasteiger partial charge is 0.330 e. The van der Waals surface area contributed by atoms with E-state index in [0.717, 1.165) is 19.5 Å². The molecule has 0 spiro atoms. The highest BCUT2D eigenvalue weighted by Crippen LogP contribution is 2.35. The number of nitrogens with zero attached hydrogens (tertiary/aromatic N) is 1. The van der Waals surface area contributed by atoms with Gasteiger partial charge in [-0.25, -0.2) is 8.78 Å². The van der Waals surface area contributed by atoms with E-state index in [1.165, 1.54) is 18.2 Å². The Labute approximate surface area is 107 Å². The predicted molar refractivity (Wildman–Crippen MR) is 68.1 cm³/mol. The second-order valence-electron chi connectivity index (χ2n) is 5.55. The maximum absolute atomic E-state index is 13.7. The van der Waals surface area contributed by atoms with Crippen molar-refractivity contribution in [1.29, 1.82) is 0 Å². The van der Waals surface area contributed by atoms with Gasteiger partial charge in [-0.05, 0) is 44.0 Å². The number of benzene rings is 1. The molecule has 2 N–H and O–H groups in total. The van der Waals surface area contributed by atoms with Crippen molar-refractivity contribution < 1.29 is 8.78 Å². The smallest absolute Gasteiger partial charge is 0.130 e. The molecule has 0 radical (unpaired) electrons. The van der Waals surface area contributed by atoms with Crippen molar-refractivity contribution in [3.05, 3.63) is 35.4 Å². The summed E-state index contributed by atoms with van der Waals surface area (Å²) >= 11 is 0. The van der Waals surface area contributed by atoms with Crippen molar-refractivity contribution in [2.45, 2.75) is 26.3 Å². The van der Waals surface area contributed by atoms with Crippen molar-refractivity contribution in [1.82, 2.24) is 4.90 Å². The van der Waals surface area contributed by atoms with Crippen LogP contribution in [0.3, 0.4) is 0 Å². The molecule has 1 aliphatic rings. The maximum Gasteiger partial charge on any atom is 0.130 e. The molecular weight excluding hydrogens is 234 g/mol. The van der Waals surface area contributed by atoms with Gasteiger partial charge in [0.1, 0.15) is 11.6 Å². The fraction of sp³-hybridized carbons (Fsp3) is 0.571. The Kier molecular flexibility index (Phi) is 3.69. The van der Waals surface area contributed by atoms with E-state index < -0.39 is 11.6 Å². The summed E-state index contributed by atoms with van der Waals surface area (Å²) in [4.78, 5) is 2.11. The summed E-state index contributed by atoms with van der Waals surface area (Å²) in [7, 11) is 0. The van der Waals surface area contributed by atoms with Crippen LogP contribution in [-0.4, -0.2) is 24.5 Å². The summed E-state index contributed by atoms with van der Waals surface area (Å²) in [5.74, 6) is -0.937. The molecule has 1 fully saturated rings. The molecule has 0 aliphatic carbocycles. The minimum Gasteiger partial charge on any atom is -0.330 e. The third kappa shape index (κ3) is 2.40. The predicted octanol–water partition coefficient (Wildman–Crippen LogP) is 2.70. The average molecular weight is 254 g/mol. The highest BCUT2D eigenvalue weighted by atomic mass is 19.1. The Hall–Kier alpha value is -1.00. The van der Waals surface area contributed by atoms with E-state index in [9.17, 15) is 8.78 Å².